The second kappa shape index (κ2) is 12.2. The highest BCUT2D eigenvalue weighted by Gasteiger charge is 2.22. The van der Waals surface area contributed by atoms with E-state index in [4.69, 9.17) is 32.5 Å². The molecular weight excluding hydrogens is 632 g/mol. The fourth-order valence-corrected chi connectivity index (χ4v) is 5.09. The van der Waals surface area contributed by atoms with Crippen molar-refractivity contribution in [2.24, 2.45) is 0 Å². The summed E-state index contributed by atoms with van der Waals surface area (Å²) in [6.07, 6.45) is 0. The van der Waals surface area contributed by atoms with Gasteiger partial charge in [0.2, 0.25) is 29.1 Å². The molecule has 0 spiro atoms. The van der Waals surface area contributed by atoms with E-state index in [1.54, 1.807) is 0 Å². The Morgan fingerprint density at radius 2 is 1.00 bits per heavy atom. The molecule has 0 saturated heterocycles. The van der Waals surface area contributed by atoms with Gasteiger partial charge in [-0.1, -0.05) is 0 Å². The highest BCUT2D eigenvalue weighted by molar-refractivity contribution is 5.89. The van der Waals surface area contributed by atoms with Crippen LogP contribution in [0.15, 0.2) is 79.1 Å². The summed E-state index contributed by atoms with van der Waals surface area (Å²) < 4.78 is 38.6. The van der Waals surface area contributed by atoms with Gasteiger partial charge in [-0.25, -0.2) is 0 Å². The van der Waals surface area contributed by atoms with Gasteiger partial charge in [0.25, 0.3) is 0 Å². The summed E-state index contributed by atoms with van der Waals surface area (Å²) in [6.45, 7) is -0.458. The summed E-state index contributed by atoms with van der Waals surface area (Å²) in [5.74, 6) is -2.33. The van der Waals surface area contributed by atoms with Crippen LogP contribution in [0.25, 0.3) is 44.6 Å². The molecule has 48 heavy (non-hydrogen) atoms. The molecule has 0 amide bonds. The van der Waals surface area contributed by atoms with Crippen molar-refractivity contribution in [3.63, 3.8) is 0 Å². The number of aromatic hydroxyl groups is 5. The lowest BCUT2D eigenvalue weighted by atomic mass is 10.1. The van der Waals surface area contributed by atoms with Crippen LogP contribution in [0.2, 0.25) is 0 Å². The first-order valence-electron chi connectivity index (χ1n) is 14.0. The van der Waals surface area contributed by atoms with Gasteiger partial charge in [-0.2, -0.15) is 0 Å². The first-order valence-corrected chi connectivity index (χ1v) is 14.0. The minimum atomic E-state index is -0.799. The summed E-state index contributed by atoms with van der Waals surface area (Å²) in [4.78, 5) is 25.9. The first-order chi connectivity index (χ1) is 23.0. The van der Waals surface area contributed by atoms with Crippen LogP contribution in [-0.4, -0.2) is 53.7 Å². The van der Waals surface area contributed by atoms with E-state index in [1.807, 2.05) is 0 Å². The van der Waals surface area contributed by atoms with Gasteiger partial charge in [0.05, 0.1) is 21.3 Å². The Balaban J connectivity index is 1.26. The van der Waals surface area contributed by atoms with E-state index >= 15 is 0 Å². The molecule has 0 aliphatic carbocycles. The van der Waals surface area contributed by atoms with E-state index < -0.39 is 29.1 Å². The standard InChI is InChI=1S/C34H26O14/c1-42-22-9-16(34-32(41)30(39)28-24(44-3)11-18(36)13-26(28)48-34)5-7-20(22)45-14-46-21-8-15(4-6-19(21)37)33-31(40)29(38)27-23(43-2)10-17(35)12-25(27)47-33/h4-13,35-37,40-41H,14H2,1-3H3. The number of benzene rings is 4. The Bertz CT molecular complexity index is 2340. The zero-order valence-corrected chi connectivity index (χ0v) is 25.4. The number of phenolic OH excluding ortho intramolecular Hbond substituents is 3. The predicted octanol–water partition coefficient (Wildman–Crippen LogP) is 5.20. The highest BCUT2D eigenvalue weighted by Crippen LogP contribution is 2.40. The van der Waals surface area contributed by atoms with Gasteiger partial charge in [-0.15, -0.1) is 0 Å². The molecule has 0 aliphatic heterocycles. The van der Waals surface area contributed by atoms with Crippen LogP contribution >= 0.6 is 0 Å². The van der Waals surface area contributed by atoms with Crippen LogP contribution in [0, 0.1) is 0 Å². The predicted molar refractivity (Wildman–Crippen MR) is 170 cm³/mol. The number of hydrogen-bond donors (Lipinski definition) is 5. The molecule has 246 valence electrons. The van der Waals surface area contributed by atoms with Crippen molar-refractivity contribution in [1.29, 1.82) is 0 Å². The summed E-state index contributed by atoms with van der Waals surface area (Å²) in [5, 5.41) is 51.7. The Morgan fingerprint density at radius 1 is 0.542 bits per heavy atom. The van der Waals surface area contributed by atoms with Crippen molar-refractivity contribution >= 4 is 21.9 Å². The largest absolute Gasteiger partial charge is 0.508 e. The molecule has 14 heteroatoms. The van der Waals surface area contributed by atoms with E-state index in [2.05, 4.69) is 0 Å². The molecule has 0 saturated carbocycles. The van der Waals surface area contributed by atoms with E-state index in [0.29, 0.717) is 0 Å². The van der Waals surface area contributed by atoms with Gasteiger partial charge in [-0.05, 0) is 36.4 Å². The molecule has 6 rings (SSSR count). The van der Waals surface area contributed by atoms with Crippen LogP contribution in [0.3, 0.4) is 0 Å². The minimum Gasteiger partial charge on any atom is -0.508 e. The van der Waals surface area contributed by atoms with Crippen LogP contribution in [-0.2, 0) is 0 Å². The lowest BCUT2D eigenvalue weighted by Gasteiger charge is -2.15. The monoisotopic (exact) mass is 658 g/mol. The van der Waals surface area contributed by atoms with Crippen molar-refractivity contribution in [3.05, 3.63) is 81.1 Å². The molecular formula is C34H26O14. The van der Waals surface area contributed by atoms with Gasteiger partial charge >= 0.3 is 0 Å². The number of ether oxygens (including phenoxy) is 5. The van der Waals surface area contributed by atoms with Gasteiger partial charge in [0.1, 0.15) is 44.9 Å². The molecule has 14 nitrogen and oxygen atoms in total. The number of methoxy groups -OCH3 is 3. The molecule has 2 heterocycles. The van der Waals surface area contributed by atoms with Crippen molar-refractivity contribution in [2.45, 2.75) is 0 Å². The number of fused-ring (bicyclic) bond motifs is 2. The molecule has 2 aromatic heterocycles. The van der Waals surface area contributed by atoms with Crippen molar-refractivity contribution < 1.29 is 58.1 Å². The minimum absolute atomic E-state index is 0.00973. The number of rotatable bonds is 9. The Morgan fingerprint density at radius 3 is 1.50 bits per heavy atom. The highest BCUT2D eigenvalue weighted by atomic mass is 16.7. The third-order valence-corrected chi connectivity index (χ3v) is 7.36. The third kappa shape index (κ3) is 5.40. The average Bonchev–Trinajstić information content (AvgIpc) is 3.07. The molecule has 6 aromatic rings. The number of phenols is 3. The molecule has 0 atom stereocenters. The number of hydrogen-bond acceptors (Lipinski definition) is 14. The maximum Gasteiger partial charge on any atom is 0.238 e. The van der Waals surface area contributed by atoms with E-state index in [1.165, 1.54) is 82.0 Å². The van der Waals surface area contributed by atoms with Crippen LogP contribution in [0.4, 0.5) is 0 Å². The van der Waals surface area contributed by atoms with Gasteiger partial charge in [-0.3, -0.25) is 9.59 Å². The van der Waals surface area contributed by atoms with Crippen LogP contribution < -0.4 is 34.5 Å². The van der Waals surface area contributed by atoms with E-state index in [-0.39, 0.29) is 90.6 Å². The third-order valence-electron chi connectivity index (χ3n) is 7.36. The second-order valence-electron chi connectivity index (χ2n) is 10.2. The maximum atomic E-state index is 13.0. The summed E-state index contributed by atoms with van der Waals surface area (Å²) >= 11 is 0. The topological polar surface area (TPSA) is 208 Å². The smallest absolute Gasteiger partial charge is 0.238 e. The molecule has 0 aliphatic rings. The van der Waals surface area contributed by atoms with E-state index in [9.17, 15) is 35.1 Å². The Hall–Kier alpha value is -6.70. The molecule has 0 fully saturated rings. The fourth-order valence-electron chi connectivity index (χ4n) is 5.09. The van der Waals surface area contributed by atoms with Crippen LogP contribution in [0.1, 0.15) is 0 Å². The summed E-state index contributed by atoms with van der Waals surface area (Å²) in [5.41, 5.74) is -1.24. The quantitative estimate of drug-likeness (QED) is 0.127. The zero-order chi connectivity index (χ0) is 34.3. The van der Waals surface area contributed by atoms with Crippen molar-refractivity contribution in [1.82, 2.24) is 0 Å². The van der Waals surface area contributed by atoms with Gasteiger partial charge < -0.3 is 58.1 Å². The molecule has 0 radical (unpaired) electrons. The van der Waals surface area contributed by atoms with Gasteiger partial charge in [0, 0.05) is 35.4 Å². The summed E-state index contributed by atoms with van der Waals surface area (Å²) in [6, 6.07) is 13.2. The Kier molecular flexibility index (Phi) is 7.98. The van der Waals surface area contributed by atoms with E-state index in [0.717, 1.165) is 0 Å². The fraction of sp³-hybridized carbons (Fsp3) is 0.118. The zero-order valence-electron chi connectivity index (χ0n) is 25.4. The molecule has 0 unspecified atom stereocenters. The normalized spacial score (nSPS) is 11.1. The second-order valence-corrected chi connectivity index (χ2v) is 10.2. The Labute approximate surface area is 269 Å². The van der Waals surface area contributed by atoms with Crippen molar-refractivity contribution in [2.75, 3.05) is 28.1 Å². The van der Waals surface area contributed by atoms with Crippen LogP contribution in [0.5, 0.6) is 57.5 Å². The molecule has 0 bridgehead atoms. The summed E-state index contributed by atoms with van der Waals surface area (Å²) in [7, 11) is 3.97. The molecule has 5 N–H and O–H groups in total. The first kappa shape index (κ1) is 31.3. The lowest BCUT2D eigenvalue weighted by Crippen LogP contribution is -2.07. The van der Waals surface area contributed by atoms with Crippen molar-refractivity contribution in [3.8, 4) is 80.1 Å². The van der Waals surface area contributed by atoms with Gasteiger partial charge in [0.15, 0.2) is 34.5 Å². The average molecular weight is 659 g/mol. The maximum absolute atomic E-state index is 13.0. The SMILES string of the molecule is COc1cc(-c2oc3cc(O)cc(OC)c3c(=O)c2O)ccc1OCOc1cc(-c2oc3cc(O)cc(OC)c3c(=O)c2O)ccc1O. The lowest BCUT2D eigenvalue weighted by molar-refractivity contribution is 0.113. The molecule has 4 aromatic carbocycles.